The van der Waals surface area contributed by atoms with Crippen LogP contribution in [0.1, 0.15) is 5.56 Å². The monoisotopic (exact) mass is 240 g/mol. The highest BCUT2D eigenvalue weighted by atomic mass is 16.6. The Kier molecular flexibility index (Phi) is 4.19. The Morgan fingerprint density at radius 2 is 1.76 bits per heavy atom. The summed E-state index contributed by atoms with van der Waals surface area (Å²) in [6.45, 7) is 1.68. The number of benzene rings is 1. The van der Waals surface area contributed by atoms with Crippen molar-refractivity contribution < 1.29 is 29.6 Å². The number of esters is 1. The lowest BCUT2D eigenvalue weighted by Gasteiger charge is -2.13. The number of ether oxygens (including phenoxy) is 1. The number of rotatable bonds is 4. The van der Waals surface area contributed by atoms with Gasteiger partial charge in [-0.2, -0.15) is 0 Å². The van der Waals surface area contributed by atoms with Crippen LogP contribution in [0.2, 0.25) is 0 Å². The number of aliphatic hydroxyl groups is 2. The molecule has 0 radical (unpaired) electrons. The fraction of sp³-hybridized carbons (Fsp3) is 0.273. The Bertz CT molecular complexity index is 428. The molecule has 0 fully saturated rings. The van der Waals surface area contributed by atoms with Gasteiger partial charge < -0.3 is 20.1 Å². The zero-order valence-corrected chi connectivity index (χ0v) is 9.03. The molecule has 6 nitrogen and oxygen atoms in total. The van der Waals surface area contributed by atoms with Crippen LogP contribution in [0.15, 0.2) is 24.3 Å². The molecule has 0 amide bonds. The largest absolute Gasteiger partial charge is 0.479 e. The minimum Gasteiger partial charge on any atom is -0.479 e. The predicted octanol–water partition coefficient (Wildman–Crippen LogP) is -0.293. The van der Waals surface area contributed by atoms with E-state index in [9.17, 15) is 14.7 Å². The average molecular weight is 240 g/mol. The third-order valence-electron chi connectivity index (χ3n) is 2.10. The van der Waals surface area contributed by atoms with E-state index in [0.29, 0.717) is 5.56 Å². The lowest BCUT2D eigenvalue weighted by atomic mass is 10.2. The van der Waals surface area contributed by atoms with E-state index in [2.05, 4.69) is 0 Å². The van der Waals surface area contributed by atoms with Crippen molar-refractivity contribution in [3.63, 3.8) is 0 Å². The molecule has 0 saturated carbocycles. The summed E-state index contributed by atoms with van der Waals surface area (Å²) in [7, 11) is 0. The van der Waals surface area contributed by atoms with Gasteiger partial charge in [-0.1, -0.05) is 18.2 Å². The molecule has 3 N–H and O–H groups in total. The molecule has 0 aliphatic rings. The van der Waals surface area contributed by atoms with Gasteiger partial charge in [0.2, 0.25) is 0 Å². The lowest BCUT2D eigenvalue weighted by Crippen LogP contribution is -2.41. The van der Waals surface area contributed by atoms with E-state index in [4.69, 9.17) is 14.9 Å². The number of aryl methyl sites for hydroxylation is 1. The number of carboxylic acid groups (broad SMARTS) is 1. The molecule has 0 saturated heterocycles. The van der Waals surface area contributed by atoms with E-state index >= 15 is 0 Å². The van der Waals surface area contributed by atoms with Gasteiger partial charge >= 0.3 is 11.9 Å². The molecule has 1 aromatic rings. The normalized spacial score (nSPS) is 13.8. The van der Waals surface area contributed by atoms with Crippen molar-refractivity contribution >= 4 is 11.9 Å². The number of carbonyl (C=O) groups excluding carboxylic acids is 1. The van der Waals surface area contributed by atoms with Gasteiger partial charge in [-0.05, 0) is 18.6 Å². The van der Waals surface area contributed by atoms with Crippen molar-refractivity contribution in [3.05, 3.63) is 29.8 Å². The van der Waals surface area contributed by atoms with E-state index in [1.165, 1.54) is 6.07 Å². The summed E-state index contributed by atoms with van der Waals surface area (Å²) in [6.07, 6.45) is -4.32. The predicted molar refractivity (Wildman–Crippen MR) is 56.5 cm³/mol. The van der Waals surface area contributed by atoms with E-state index in [1.807, 2.05) is 0 Å². The van der Waals surface area contributed by atoms with Crippen molar-refractivity contribution in [1.29, 1.82) is 0 Å². The Hall–Kier alpha value is -1.92. The second kappa shape index (κ2) is 5.42. The Morgan fingerprint density at radius 1 is 1.18 bits per heavy atom. The quantitative estimate of drug-likeness (QED) is 0.493. The minimum atomic E-state index is -2.20. The maximum absolute atomic E-state index is 11.3. The number of aliphatic carboxylic acids is 1. The molecular formula is C11H12O6. The highest BCUT2D eigenvalue weighted by Gasteiger charge is 2.31. The second-order valence-electron chi connectivity index (χ2n) is 3.41. The van der Waals surface area contributed by atoms with Crippen molar-refractivity contribution in [1.82, 2.24) is 0 Å². The minimum absolute atomic E-state index is 0.203. The van der Waals surface area contributed by atoms with Gasteiger partial charge in [0.25, 0.3) is 0 Å². The van der Waals surface area contributed by atoms with Gasteiger partial charge in [0.15, 0.2) is 12.2 Å². The number of carboxylic acids is 1. The van der Waals surface area contributed by atoms with Crippen LogP contribution in [-0.2, 0) is 9.59 Å². The summed E-state index contributed by atoms with van der Waals surface area (Å²) in [5, 5.41) is 26.6. The lowest BCUT2D eigenvalue weighted by molar-refractivity contribution is -0.164. The molecule has 0 aromatic heterocycles. The van der Waals surface area contributed by atoms with Crippen LogP contribution >= 0.6 is 0 Å². The third kappa shape index (κ3) is 3.27. The second-order valence-corrected chi connectivity index (χ2v) is 3.41. The van der Waals surface area contributed by atoms with Gasteiger partial charge in [0.05, 0.1) is 0 Å². The van der Waals surface area contributed by atoms with Crippen molar-refractivity contribution in [2.45, 2.75) is 19.1 Å². The van der Waals surface area contributed by atoms with Crippen molar-refractivity contribution in [3.8, 4) is 5.75 Å². The number of para-hydroxylation sites is 1. The molecular weight excluding hydrogens is 228 g/mol. The summed E-state index contributed by atoms with van der Waals surface area (Å²) in [4.78, 5) is 21.7. The van der Waals surface area contributed by atoms with Crippen LogP contribution in [0.5, 0.6) is 5.75 Å². The standard InChI is InChI=1S/C11H12O6/c1-6-4-2-3-5-7(6)17-11(16)9(13)8(12)10(14)15/h2-5,8-9,12-13H,1H3,(H,14,15). The van der Waals surface area contributed by atoms with E-state index in [1.54, 1.807) is 25.1 Å². The fourth-order valence-corrected chi connectivity index (χ4v) is 1.10. The van der Waals surface area contributed by atoms with Crippen LogP contribution in [0, 0.1) is 6.92 Å². The third-order valence-corrected chi connectivity index (χ3v) is 2.10. The first-order chi connectivity index (χ1) is 7.93. The molecule has 1 aromatic carbocycles. The Morgan fingerprint density at radius 3 is 2.29 bits per heavy atom. The number of aliphatic hydroxyl groups excluding tert-OH is 2. The first-order valence-corrected chi connectivity index (χ1v) is 4.79. The van der Waals surface area contributed by atoms with E-state index < -0.39 is 24.1 Å². The molecule has 0 heterocycles. The Balaban J connectivity index is 2.73. The van der Waals surface area contributed by atoms with Crippen LogP contribution in [0.25, 0.3) is 0 Å². The maximum Gasteiger partial charge on any atom is 0.343 e. The van der Waals surface area contributed by atoms with Gasteiger partial charge in [-0.25, -0.2) is 9.59 Å². The van der Waals surface area contributed by atoms with Gasteiger partial charge in [-0.3, -0.25) is 0 Å². The topological polar surface area (TPSA) is 104 Å². The summed E-state index contributed by atoms with van der Waals surface area (Å²) >= 11 is 0. The van der Waals surface area contributed by atoms with Gasteiger partial charge in [0.1, 0.15) is 5.75 Å². The van der Waals surface area contributed by atoms with Crippen LogP contribution < -0.4 is 4.74 Å². The molecule has 17 heavy (non-hydrogen) atoms. The molecule has 2 atom stereocenters. The molecule has 2 unspecified atom stereocenters. The highest BCUT2D eigenvalue weighted by Crippen LogP contribution is 2.17. The highest BCUT2D eigenvalue weighted by molar-refractivity contribution is 5.85. The van der Waals surface area contributed by atoms with Crippen molar-refractivity contribution in [2.75, 3.05) is 0 Å². The summed E-state index contributed by atoms with van der Waals surface area (Å²) in [6, 6.07) is 6.53. The summed E-state index contributed by atoms with van der Waals surface area (Å²) < 4.78 is 4.77. The summed E-state index contributed by atoms with van der Waals surface area (Å²) in [5.41, 5.74) is 0.651. The molecule has 0 bridgehead atoms. The number of hydrogen-bond acceptors (Lipinski definition) is 5. The smallest absolute Gasteiger partial charge is 0.343 e. The SMILES string of the molecule is Cc1ccccc1OC(=O)C(O)C(O)C(=O)O. The van der Waals surface area contributed by atoms with E-state index in [0.717, 1.165) is 0 Å². The van der Waals surface area contributed by atoms with Crippen LogP contribution in [-0.4, -0.2) is 39.5 Å². The zero-order valence-electron chi connectivity index (χ0n) is 9.03. The van der Waals surface area contributed by atoms with Gasteiger partial charge in [-0.15, -0.1) is 0 Å². The summed E-state index contributed by atoms with van der Waals surface area (Å²) in [5.74, 6) is -2.71. The van der Waals surface area contributed by atoms with Gasteiger partial charge in [0, 0.05) is 0 Å². The molecule has 92 valence electrons. The Labute approximate surface area is 97.1 Å². The molecule has 6 heteroatoms. The average Bonchev–Trinajstić information content (AvgIpc) is 2.30. The fourth-order valence-electron chi connectivity index (χ4n) is 1.10. The molecule has 1 rings (SSSR count). The molecule has 0 spiro atoms. The zero-order chi connectivity index (χ0) is 13.0. The first kappa shape index (κ1) is 13.1. The number of carbonyl (C=O) groups is 2. The van der Waals surface area contributed by atoms with Crippen LogP contribution in [0.3, 0.4) is 0 Å². The van der Waals surface area contributed by atoms with Crippen LogP contribution in [0.4, 0.5) is 0 Å². The number of hydrogen-bond donors (Lipinski definition) is 3. The van der Waals surface area contributed by atoms with E-state index in [-0.39, 0.29) is 5.75 Å². The maximum atomic E-state index is 11.3. The molecule has 0 aliphatic heterocycles. The molecule has 0 aliphatic carbocycles. The first-order valence-electron chi connectivity index (χ1n) is 4.79. The van der Waals surface area contributed by atoms with Crippen molar-refractivity contribution in [2.24, 2.45) is 0 Å².